The Morgan fingerprint density at radius 1 is 1.16 bits per heavy atom. The molecule has 4 N–H and O–H groups in total. The second-order valence-corrected chi connectivity index (χ2v) is 9.43. The number of pyridine rings is 1. The van der Waals surface area contributed by atoms with Crippen LogP contribution in [-0.2, 0) is 0 Å². The quantitative estimate of drug-likeness (QED) is 0.264. The second kappa shape index (κ2) is 10.1. The number of hydrogen-bond acceptors (Lipinski definition) is 6. The lowest BCUT2D eigenvalue weighted by Crippen LogP contribution is -2.35. The van der Waals surface area contributed by atoms with Gasteiger partial charge in [-0.1, -0.05) is 12.1 Å². The number of benzene rings is 2. The number of hydrogen-bond donors (Lipinski definition) is 4. The highest BCUT2D eigenvalue weighted by Gasteiger charge is 2.33. The smallest absolute Gasteiger partial charge is 0.255 e. The van der Waals surface area contributed by atoms with Gasteiger partial charge in [-0.15, -0.1) is 0 Å². The molecule has 2 aromatic carbocycles. The molecule has 1 atom stereocenters. The van der Waals surface area contributed by atoms with Crippen molar-refractivity contribution in [3.8, 4) is 22.8 Å². The zero-order valence-corrected chi connectivity index (χ0v) is 20.9. The van der Waals surface area contributed by atoms with Gasteiger partial charge in [0.2, 0.25) is 0 Å². The molecule has 4 heterocycles. The normalized spacial score (nSPS) is 16.6. The lowest BCUT2D eigenvalue weighted by atomic mass is 9.91. The number of methoxy groups -OCH3 is 1. The van der Waals surface area contributed by atoms with E-state index >= 15 is 0 Å². The maximum Gasteiger partial charge on any atom is 0.255 e. The number of amides is 1. The van der Waals surface area contributed by atoms with Crippen molar-refractivity contribution in [1.82, 2.24) is 15.3 Å². The number of aromatic nitrogens is 2. The Labute approximate surface area is 219 Å². The van der Waals surface area contributed by atoms with Crippen molar-refractivity contribution in [3.63, 3.8) is 0 Å². The van der Waals surface area contributed by atoms with Crippen LogP contribution >= 0.6 is 0 Å². The molecule has 4 aromatic rings. The first-order chi connectivity index (χ1) is 18.6. The van der Waals surface area contributed by atoms with Gasteiger partial charge in [0.15, 0.2) is 11.6 Å². The lowest BCUT2D eigenvalue weighted by molar-refractivity contribution is 0.0939. The molecule has 0 fully saturated rings. The number of ether oxygens (including phenoxy) is 2. The van der Waals surface area contributed by atoms with Crippen molar-refractivity contribution in [2.75, 3.05) is 30.9 Å². The van der Waals surface area contributed by atoms with E-state index in [0.29, 0.717) is 35.8 Å². The van der Waals surface area contributed by atoms with E-state index in [1.165, 1.54) is 13.2 Å². The zero-order valence-electron chi connectivity index (χ0n) is 20.9. The minimum Gasteiger partial charge on any atom is -0.494 e. The number of carbonyl (C=O) groups is 1. The molecule has 6 rings (SSSR count). The minimum atomic E-state index is -0.492. The van der Waals surface area contributed by atoms with E-state index in [4.69, 9.17) is 9.47 Å². The summed E-state index contributed by atoms with van der Waals surface area (Å²) in [5, 5.41) is 9.84. The van der Waals surface area contributed by atoms with Crippen molar-refractivity contribution in [2.24, 2.45) is 0 Å². The fourth-order valence-corrected chi connectivity index (χ4v) is 5.20. The molecule has 1 amide bonds. The van der Waals surface area contributed by atoms with Gasteiger partial charge in [-0.3, -0.25) is 9.78 Å². The monoisotopic (exact) mass is 513 g/mol. The molecular formula is C29H28FN5O3. The number of carbonyl (C=O) groups excluding carboxylic acids is 1. The molecule has 0 spiro atoms. The van der Waals surface area contributed by atoms with Gasteiger partial charge in [-0.2, -0.15) is 0 Å². The summed E-state index contributed by atoms with van der Waals surface area (Å²) >= 11 is 0. The summed E-state index contributed by atoms with van der Waals surface area (Å²) in [5.41, 5.74) is 5.47. The molecule has 2 aromatic heterocycles. The van der Waals surface area contributed by atoms with Gasteiger partial charge in [0.25, 0.3) is 5.91 Å². The fourth-order valence-electron chi connectivity index (χ4n) is 5.20. The Bertz CT molecular complexity index is 1500. The van der Waals surface area contributed by atoms with Crippen LogP contribution in [0, 0.1) is 5.82 Å². The van der Waals surface area contributed by atoms with Crippen LogP contribution in [0.1, 0.15) is 41.2 Å². The van der Waals surface area contributed by atoms with Crippen LogP contribution in [0.4, 0.5) is 27.1 Å². The highest BCUT2D eigenvalue weighted by molar-refractivity contribution is 6.07. The predicted molar refractivity (Wildman–Crippen MR) is 144 cm³/mol. The van der Waals surface area contributed by atoms with Gasteiger partial charge in [0.05, 0.1) is 48.2 Å². The SMILES string of the molecule is COc1c(F)cccc1Nc1c2[nH]c3c1C(=O)NCC3CCCCOc1cccc(c1)Nc1cnccc1-2. The standard InChI is InChI=1S/C29H28FN5O3/c1-37-28-21(30)9-5-10-22(28)34-27-24-25-17(15-32-29(24)36)6-2-3-13-38-19-8-4-7-18(14-19)33-23-16-31-12-11-20(23)26(27)35-25/h4-5,7-12,14,16-17,33-35H,2-3,6,13,15H2,1H3,(H,32,36). The fraction of sp³-hybridized carbons (Fsp3) is 0.241. The van der Waals surface area contributed by atoms with E-state index in [9.17, 15) is 9.18 Å². The summed E-state index contributed by atoms with van der Waals surface area (Å²) in [6.45, 7) is 1.15. The topological polar surface area (TPSA) is 100 Å². The number of anilines is 4. The van der Waals surface area contributed by atoms with Gasteiger partial charge in [0.1, 0.15) is 5.75 Å². The van der Waals surface area contributed by atoms with Crippen molar-refractivity contribution in [3.05, 3.63) is 78.0 Å². The third kappa shape index (κ3) is 4.40. The van der Waals surface area contributed by atoms with Crippen molar-refractivity contribution < 1.29 is 18.7 Å². The molecule has 38 heavy (non-hydrogen) atoms. The van der Waals surface area contributed by atoms with Crippen LogP contribution in [0.2, 0.25) is 0 Å². The van der Waals surface area contributed by atoms with Crippen LogP contribution in [0.3, 0.4) is 0 Å². The second-order valence-electron chi connectivity index (χ2n) is 9.43. The van der Waals surface area contributed by atoms with Crippen molar-refractivity contribution in [2.45, 2.75) is 25.2 Å². The lowest BCUT2D eigenvalue weighted by Gasteiger charge is -2.24. The van der Waals surface area contributed by atoms with E-state index in [2.05, 4.69) is 25.9 Å². The molecule has 194 valence electrons. The number of halogens is 1. The largest absolute Gasteiger partial charge is 0.494 e. The molecule has 0 saturated carbocycles. The van der Waals surface area contributed by atoms with E-state index in [-0.39, 0.29) is 17.6 Å². The molecule has 8 nitrogen and oxygen atoms in total. The molecule has 9 heteroatoms. The molecule has 1 unspecified atom stereocenters. The Balaban J connectivity index is 1.55. The molecule has 2 aliphatic rings. The van der Waals surface area contributed by atoms with Gasteiger partial charge >= 0.3 is 0 Å². The zero-order chi connectivity index (χ0) is 26.1. The number of rotatable bonds is 3. The number of nitrogens with zero attached hydrogens (tertiary/aromatic N) is 1. The Morgan fingerprint density at radius 3 is 2.95 bits per heavy atom. The highest BCUT2D eigenvalue weighted by atomic mass is 19.1. The first kappa shape index (κ1) is 23.8. The number of H-pyrrole nitrogens is 1. The first-order valence-corrected chi connectivity index (χ1v) is 12.7. The number of aromatic amines is 1. The van der Waals surface area contributed by atoms with E-state index in [1.807, 2.05) is 30.3 Å². The van der Waals surface area contributed by atoms with Crippen LogP contribution in [-0.4, -0.2) is 36.1 Å². The minimum absolute atomic E-state index is 0.0770. The number of nitrogens with one attached hydrogen (secondary N) is 4. The van der Waals surface area contributed by atoms with Crippen LogP contribution in [0.5, 0.6) is 11.5 Å². The summed E-state index contributed by atoms with van der Waals surface area (Å²) in [6, 6.07) is 14.4. The third-order valence-corrected chi connectivity index (χ3v) is 7.02. The molecule has 2 aliphatic heterocycles. The average Bonchev–Trinajstić information content (AvgIpc) is 3.30. The van der Waals surface area contributed by atoms with Gasteiger partial charge in [0, 0.05) is 41.7 Å². The highest BCUT2D eigenvalue weighted by Crippen LogP contribution is 2.44. The van der Waals surface area contributed by atoms with Gasteiger partial charge in [-0.05, 0) is 49.6 Å². The number of para-hydroxylation sites is 1. The third-order valence-electron chi connectivity index (χ3n) is 7.02. The molecule has 0 saturated heterocycles. The van der Waals surface area contributed by atoms with E-state index in [1.54, 1.807) is 24.5 Å². The predicted octanol–water partition coefficient (Wildman–Crippen LogP) is 6.10. The average molecular weight is 514 g/mol. The van der Waals surface area contributed by atoms with E-state index in [0.717, 1.165) is 47.6 Å². The first-order valence-electron chi connectivity index (χ1n) is 12.7. The Hall–Kier alpha value is -4.53. The van der Waals surface area contributed by atoms with Crippen molar-refractivity contribution >= 4 is 28.7 Å². The Morgan fingerprint density at radius 2 is 2.05 bits per heavy atom. The summed E-state index contributed by atoms with van der Waals surface area (Å²) < 4.78 is 25.9. The molecule has 0 radical (unpaired) electrons. The van der Waals surface area contributed by atoms with Crippen LogP contribution in [0.15, 0.2) is 60.9 Å². The molecular weight excluding hydrogens is 485 g/mol. The van der Waals surface area contributed by atoms with Gasteiger partial charge in [-0.25, -0.2) is 4.39 Å². The van der Waals surface area contributed by atoms with Crippen LogP contribution in [0.25, 0.3) is 11.3 Å². The molecule has 4 bridgehead atoms. The van der Waals surface area contributed by atoms with Crippen molar-refractivity contribution in [1.29, 1.82) is 0 Å². The number of fused-ring (bicyclic) bond motifs is 5. The van der Waals surface area contributed by atoms with Gasteiger partial charge < -0.3 is 30.4 Å². The summed E-state index contributed by atoms with van der Waals surface area (Å²) in [5.74, 6) is 0.291. The summed E-state index contributed by atoms with van der Waals surface area (Å²) in [6.07, 6.45) is 6.15. The van der Waals surface area contributed by atoms with E-state index < -0.39 is 5.82 Å². The maximum absolute atomic E-state index is 14.6. The van der Waals surface area contributed by atoms with Crippen LogP contribution < -0.4 is 25.4 Å². The summed E-state index contributed by atoms with van der Waals surface area (Å²) in [7, 11) is 1.42. The molecule has 0 aliphatic carbocycles. The Kier molecular flexibility index (Phi) is 6.33. The summed E-state index contributed by atoms with van der Waals surface area (Å²) in [4.78, 5) is 21.2. The maximum atomic E-state index is 14.6.